The van der Waals surface area contributed by atoms with E-state index in [1.54, 1.807) is 4.90 Å². The van der Waals surface area contributed by atoms with E-state index in [0.717, 1.165) is 0 Å². The summed E-state index contributed by atoms with van der Waals surface area (Å²) in [4.78, 5) is 36.8. The number of methoxy groups -OCH3 is 1. The number of nitrogens with zero attached hydrogens (tertiary/aromatic N) is 1. The molecule has 114 valence electrons. The van der Waals surface area contributed by atoms with Crippen LogP contribution in [0.1, 0.15) is 33.6 Å². The fraction of sp³-hybridized carbons (Fsp3) is 0.786. The summed E-state index contributed by atoms with van der Waals surface area (Å²) >= 11 is 0. The second kappa shape index (κ2) is 7.26. The monoisotopic (exact) mass is 284 g/mol. The van der Waals surface area contributed by atoms with Crippen molar-refractivity contribution in [3.05, 3.63) is 0 Å². The first-order valence-electron chi connectivity index (χ1n) is 7.00. The molecule has 0 spiro atoms. The van der Waals surface area contributed by atoms with E-state index in [-0.39, 0.29) is 23.7 Å². The van der Waals surface area contributed by atoms with E-state index >= 15 is 0 Å². The molecule has 1 atom stereocenters. The summed E-state index contributed by atoms with van der Waals surface area (Å²) in [5.74, 6) is -0.675. The van der Waals surface area contributed by atoms with E-state index in [2.05, 4.69) is 5.32 Å². The quantitative estimate of drug-likeness (QED) is 0.765. The van der Waals surface area contributed by atoms with E-state index < -0.39 is 12.0 Å². The minimum Gasteiger partial charge on any atom is -0.467 e. The Morgan fingerprint density at radius 1 is 1.20 bits per heavy atom. The van der Waals surface area contributed by atoms with Gasteiger partial charge in [-0.15, -0.1) is 0 Å². The summed E-state index contributed by atoms with van der Waals surface area (Å²) in [6, 6.07) is -0.613. The number of nitrogens with one attached hydrogen (secondary N) is 1. The molecule has 1 unspecified atom stereocenters. The van der Waals surface area contributed by atoms with E-state index in [1.165, 1.54) is 14.0 Å². The number of esters is 1. The van der Waals surface area contributed by atoms with Gasteiger partial charge in [0.15, 0.2) is 0 Å². The highest BCUT2D eigenvalue weighted by Gasteiger charge is 2.30. The van der Waals surface area contributed by atoms with Gasteiger partial charge in [0.05, 0.1) is 7.11 Å². The van der Waals surface area contributed by atoms with Crippen molar-refractivity contribution in [1.82, 2.24) is 10.2 Å². The molecule has 1 N–H and O–H groups in total. The topological polar surface area (TPSA) is 75.7 Å². The number of carbonyl (C=O) groups excluding carboxylic acids is 3. The van der Waals surface area contributed by atoms with Gasteiger partial charge >= 0.3 is 5.97 Å². The van der Waals surface area contributed by atoms with Crippen LogP contribution < -0.4 is 5.32 Å². The molecular formula is C14H24N2O4. The number of hydrogen-bond acceptors (Lipinski definition) is 4. The van der Waals surface area contributed by atoms with Crippen LogP contribution in [0.15, 0.2) is 0 Å². The fourth-order valence-electron chi connectivity index (χ4n) is 2.35. The third-order valence-corrected chi connectivity index (χ3v) is 3.73. The maximum atomic E-state index is 12.2. The highest BCUT2D eigenvalue weighted by atomic mass is 16.5. The average molecular weight is 284 g/mol. The van der Waals surface area contributed by atoms with Gasteiger partial charge in [-0.1, -0.05) is 13.8 Å². The fourth-order valence-corrected chi connectivity index (χ4v) is 2.35. The van der Waals surface area contributed by atoms with Crippen molar-refractivity contribution in [2.75, 3.05) is 20.2 Å². The number of rotatable bonds is 4. The van der Waals surface area contributed by atoms with E-state index in [4.69, 9.17) is 4.74 Å². The van der Waals surface area contributed by atoms with Crippen molar-refractivity contribution in [1.29, 1.82) is 0 Å². The Labute approximate surface area is 119 Å². The molecule has 1 fully saturated rings. The first kappa shape index (κ1) is 16.5. The third-order valence-electron chi connectivity index (χ3n) is 3.73. The molecule has 0 saturated carbocycles. The molecule has 6 heteroatoms. The molecule has 0 aromatic carbocycles. The van der Waals surface area contributed by atoms with Crippen LogP contribution in [0.5, 0.6) is 0 Å². The van der Waals surface area contributed by atoms with E-state index in [0.29, 0.717) is 25.9 Å². The average Bonchev–Trinajstić information content (AvgIpc) is 2.43. The molecule has 1 saturated heterocycles. The SMILES string of the molecule is COC(=O)C(NC(=O)C1CCN(C(C)=O)CC1)C(C)C. The predicted molar refractivity (Wildman–Crippen MR) is 73.8 cm³/mol. The molecule has 1 aliphatic heterocycles. The highest BCUT2D eigenvalue weighted by molar-refractivity contribution is 5.86. The van der Waals surface area contributed by atoms with Crippen LogP contribution in [0.25, 0.3) is 0 Å². The molecule has 0 aromatic heterocycles. The molecule has 1 heterocycles. The van der Waals surface area contributed by atoms with Gasteiger partial charge in [-0.2, -0.15) is 0 Å². The first-order valence-corrected chi connectivity index (χ1v) is 7.00. The number of amides is 2. The van der Waals surface area contributed by atoms with E-state index in [9.17, 15) is 14.4 Å². The van der Waals surface area contributed by atoms with Gasteiger partial charge in [0.25, 0.3) is 0 Å². The van der Waals surface area contributed by atoms with Gasteiger partial charge in [-0.3, -0.25) is 9.59 Å². The van der Waals surface area contributed by atoms with Crippen molar-refractivity contribution >= 4 is 17.8 Å². The molecule has 0 radical (unpaired) electrons. The zero-order valence-corrected chi connectivity index (χ0v) is 12.6. The minimum absolute atomic E-state index is 0.0243. The summed E-state index contributed by atoms with van der Waals surface area (Å²) < 4.78 is 4.70. The molecule has 0 bridgehead atoms. The van der Waals surface area contributed by atoms with Crippen LogP contribution in [0.2, 0.25) is 0 Å². The highest BCUT2D eigenvalue weighted by Crippen LogP contribution is 2.18. The van der Waals surface area contributed by atoms with Crippen molar-refractivity contribution in [3.63, 3.8) is 0 Å². The molecule has 0 aromatic rings. The Morgan fingerprint density at radius 2 is 1.75 bits per heavy atom. The summed E-state index contributed by atoms with van der Waals surface area (Å²) in [6.07, 6.45) is 1.27. The molecule has 20 heavy (non-hydrogen) atoms. The molecule has 1 rings (SSSR count). The van der Waals surface area contributed by atoms with Gasteiger partial charge in [0.1, 0.15) is 6.04 Å². The number of likely N-dealkylation sites (tertiary alicyclic amines) is 1. The molecule has 1 aliphatic rings. The molecular weight excluding hydrogens is 260 g/mol. The first-order chi connectivity index (χ1) is 9.36. The van der Waals surface area contributed by atoms with Gasteiger partial charge in [-0.25, -0.2) is 4.79 Å². The van der Waals surface area contributed by atoms with Crippen LogP contribution in [-0.2, 0) is 19.1 Å². The Bertz CT molecular complexity index is 373. The number of carbonyl (C=O) groups is 3. The van der Waals surface area contributed by atoms with Gasteiger partial charge < -0.3 is 15.0 Å². The lowest BCUT2D eigenvalue weighted by atomic mass is 9.94. The van der Waals surface area contributed by atoms with Gasteiger partial charge in [-0.05, 0) is 18.8 Å². The minimum atomic E-state index is -0.613. The van der Waals surface area contributed by atoms with Crippen LogP contribution in [0, 0.1) is 11.8 Å². The largest absolute Gasteiger partial charge is 0.467 e. The van der Waals surface area contributed by atoms with Crippen molar-refractivity contribution in [2.24, 2.45) is 11.8 Å². The van der Waals surface area contributed by atoms with Crippen molar-refractivity contribution in [3.8, 4) is 0 Å². The number of piperidine rings is 1. The number of ether oxygens (including phenoxy) is 1. The second-order valence-electron chi connectivity index (χ2n) is 5.53. The van der Waals surface area contributed by atoms with Crippen LogP contribution in [0.3, 0.4) is 0 Å². The van der Waals surface area contributed by atoms with Crippen molar-refractivity contribution in [2.45, 2.75) is 39.7 Å². The predicted octanol–water partition coefficient (Wildman–Crippen LogP) is 0.559. The Kier molecular flexibility index (Phi) is 5.98. The lowest BCUT2D eigenvalue weighted by molar-refractivity contribution is -0.147. The standard InChI is InChI=1S/C14H24N2O4/c1-9(2)12(14(19)20-4)15-13(18)11-5-7-16(8-6-11)10(3)17/h9,11-12H,5-8H2,1-4H3,(H,15,18). The lowest BCUT2D eigenvalue weighted by Gasteiger charge is -2.31. The zero-order valence-electron chi connectivity index (χ0n) is 12.6. The summed E-state index contributed by atoms with van der Waals surface area (Å²) in [6.45, 7) is 6.45. The Balaban J connectivity index is 2.54. The summed E-state index contributed by atoms with van der Waals surface area (Å²) in [7, 11) is 1.31. The smallest absolute Gasteiger partial charge is 0.328 e. The molecule has 6 nitrogen and oxygen atoms in total. The van der Waals surface area contributed by atoms with Gasteiger partial charge in [0.2, 0.25) is 11.8 Å². The normalized spacial score (nSPS) is 17.8. The second-order valence-corrected chi connectivity index (χ2v) is 5.53. The summed E-state index contributed by atoms with van der Waals surface area (Å²) in [5, 5.41) is 2.76. The Morgan fingerprint density at radius 3 is 2.15 bits per heavy atom. The molecule has 2 amide bonds. The van der Waals surface area contributed by atoms with Crippen LogP contribution in [0.4, 0.5) is 0 Å². The van der Waals surface area contributed by atoms with Gasteiger partial charge in [0, 0.05) is 25.9 Å². The van der Waals surface area contributed by atoms with Crippen LogP contribution in [-0.4, -0.2) is 48.9 Å². The summed E-state index contributed by atoms with van der Waals surface area (Å²) in [5.41, 5.74) is 0. The molecule has 0 aliphatic carbocycles. The Hall–Kier alpha value is -1.59. The van der Waals surface area contributed by atoms with Crippen LogP contribution >= 0.6 is 0 Å². The zero-order chi connectivity index (χ0) is 15.3. The third kappa shape index (κ3) is 4.21. The van der Waals surface area contributed by atoms with Crippen molar-refractivity contribution < 1.29 is 19.1 Å². The van der Waals surface area contributed by atoms with E-state index in [1.807, 2.05) is 13.8 Å². The number of hydrogen-bond donors (Lipinski definition) is 1. The maximum Gasteiger partial charge on any atom is 0.328 e. The maximum absolute atomic E-state index is 12.2. The lowest BCUT2D eigenvalue weighted by Crippen LogP contribution is -2.49.